The van der Waals surface area contributed by atoms with Crippen molar-refractivity contribution >= 4 is 27.5 Å². The maximum Gasteiger partial charge on any atom is 0.136 e. The molecule has 0 aliphatic rings. The second-order valence-corrected chi connectivity index (χ2v) is 5.03. The molecule has 1 atom stereocenters. The lowest BCUT2D eigenvalue weighted by molar-refractivity contribution is 0.279. The quantitative estimate of drug-likeness (QED) is 0.697. The van der Waals surface area contributed by atoms with Crippen LogP contribution >= 0.6 is 27.5 Å². The number of rotatable bonds is 6. The van der Waals surface area contributed by atoms with E-state index in [0.29, 0.717) is 24.2 Å². The molecule has 0 fully saturated rings. The molecule has 0 saturated carbocycles. The smallest absolute Gasteiger partial charge is 0.136 e. The Bertz CT molecular complexity index is 333. The fourth-order valence-corrected chi connectivity index (χ4v) is 2.02. The van der Waals surface area contributed by atoms with Gasteiger partial charge in [-0.05, 0) is 46.8 Å². The van der Waals surface area contributed by atoms with Crippen LogP contribution in [0.15, 0.2) is 22.7 Å². The van der Waals surface area contributed by atoms with Gasteiger partial charge in [-0.15, -0.1) is 11.6 Å². The van der Waals surface area contributed by atoms with Crippen molar-refractivity contribution in [1.29, 1.82) is 0 Å². The summed E-state index contributed by atoms with van der Waals surface area (Å²) in [5, 5.41) is 0. The number of benzene rings is 1. The molecule has 0 aliphatic heterocycles. The summed E-state index contributed by atoms with van der Waals surface area (Å²) in [5.74, 6) is 1.47. The van der Waals surface area contributed by atoms with Gasteiger partial charge < -0.3 is 4.74 Å². The Morgan fingerprint density at radius 1 is 1.44 bits per heavy atom. The third-order valence-electron chi connectivity index (χ3n) is 2.36. The zero-order valence-corrected chi connectivity index (χ0v) is 11.5. The third kappa shape index (κ3) is 4.71. The Labute approximate surface area is 109 Å². The van der Waals surface area contributed by atoms with E-state index >= 15 is 0 Å². The summed E-state index contributed by atoms with van der Waals surface area (Å²) in [7, 11) is 0. The van der Waals surface area contributed by atoms with Crippen LogP contribution in [0.25, 0.3) is 0 Å². The molecule has 0 aromatic heterocycles. The molecule has 0 spiro atoms. The van der Waals surface area contributed by atoms with Crippen molar-refractivity contribution in [2.24, 2.45) is 5.92 Å². The minimum atomic E-state index is -0.285. The molecule has 1 rings (SSSR count). The van der Waals surface area contributed by atoms with E-state index in [1.807, 2.05) is 0 Å². The van der Waals surface area contributed by atoms with Crippen molar-refractivity contribution in [3.8, 4) is 5.75 Å². The molecule has 1 aromatic rings. The normalized spacial score (nSPS) is 12.5. The van der Waals surface area contributed by atoms with Gasteiger partial charge in [0, 0.05) is 11.9 Å². The third-order valence-corrected chi connectivity index (χ3v) is 3.24. The van der Waals surface area contributed by atoms with E-state index in [0.717, 1.165) is 17.3 Å². The Kier molecular flexibility index (Phi) is 6.14. The number of alkyl halides is 1. The molecule has 1 unspecified atom stereocenters. The molecule has 1 nitrogen and oxygen atoms in total. The number of hydrogen-bond donors (Lipinski definition) is 0. The van der Waals surface area contributed by atoms with E-state index in [4.69, 9.17) is 16.3 Å². The average Bonchev–Trinajstić information content (AvgIpc) is 2.23. The summed E-state index contributed by atoms with van der Waals surface area (Å²) in [6.45, 7) is 2.71. The van der Waals surface area contributed by atoms with Crippen molar-refractivity contribution < 1.29 is 9.13 Å². The summed E-state index contributed by atoms with van der Waals surface area (Å²) in [6, 6.07) is 4.43. The monoisotopic (exact) mass is 308 g/mol. The molecular weight excluding hydrogens is 294 g/mol. The first-order valence-electron chi connectivity index (χ1n) is 5.27. The predicted octanol–water partition coefficient (Wildman–Crippen LogP) is 4.62. The van der Waals surface area contributed by atoms with Gasteiger partial charge in [0.25, 0.3) is 0 Å². The van der Waals surface area contributed by atoms with Gasteiger partial charge in [0.2, 0.25) is 0 Å². The Morgan fingerprint density at radius 2 is 2.19 bits per heavy atom. The predicted molar refractivity (Wildman–Crippen MR) is 68.7 cm³/mol. The van der Waals surface area contributed by atoms with Gasteiger partial charge >= 0.3 is 0 Å². The van der Waals surface area contributed by atoms with Crippen LogP contribution in [0.5, 0.6) is 5.75 Å². The summed E-state index contributed by atoms with van der Waals surface area (Å²) in [6.07, 6.45) is 1.91. The van der Waals surface area contributed by atoms with Gasteiger partial charge in [-0.25, -0.2) is 4.39 Å². The first-order valence-corrected chi connectivity index (χ1v) is 6.60. The highest BCUT2D eigenvalue weighted by Gasteiger charge is 2.05. The topological polar surface area (TPSA) is 9.23 Å². The largest absolute Gasteiger partial charge is 0.492 e. The number of hydrogen-bond acceptors (Lipinski definition) is 1. The number of ether oxygens (including phenoxy) is 1. The summed E-state index contributed by atoms with van der Waals surface area (Å²) >= 11 is 8.96. The lowest BCUT2D eigenvalue weighted by Gasteiger charge is -2.11. The van der Waals surface area contributed by atoms with E-state index in [-0.39, 0.29) is 5.82 Å². The van der Waals surface area contributed by atoms with E-state index in [1.54, 1.807) is 6.07 Å². The lowest BCUT2D eigenvalue weighted by Crippen LogP contribution is -2.05. The van der Waals surface area contributed by atoms with Crippen LogP contribution in [0, 0.1) is 11.7 Å². The van der Waals surface area contributed by atoms with Crippen LogP contribution in [0.4, 0.5) is 4.39 Å². The molecule has 0 N–H and O–H groups in total. The van der Waals surface area contributed by atoms with E-state index in [2.05, 4.69) is 22.9 Å². The lowest BCUT2D eigenvalue weighted by atomic mass is 10.1. The van der Waals surface area contributed by atoms with Gasteiger partial charge in [-0.2, -0.15) is 0 Å². The highest BCUT2D eigenvalue weighted by Crippen LogP contribution is 2.25. The molecule has 4 heteroatoms. The van der Waals surface area contributed by atoms with E-state index < -0.39 is 0 Å². The van der Waals surface area contributed by atoms with Gasteiger partial charge in [-0.3, -0.25) is 0 Å². The maximum absolute atomic E-state index is 12.9. The maximum atomic E-state index is 12.9. The number of halogens is 3. The molecule has 0 aliphatic carbocycles. The minimum Gasteiger partial charge on any atom is -0.492 e. The highest BCUT2D eigenvalue weighted by atomic mass is 79.9. The summed E-state index contributed by atoms with van der Waals surface area (Å²) in [5.41, 5.74) is 0. The van der Waals surface area contributed by atoms with Crippen LogP contribution in [-0.2, 0) is 0 Å². The van der Waals surface area contributed by atoms with Crippen molar-refractivity contribution in [3.05, 3.63) is 28.5 Å². The van der Waals surface area contributed by atoms with Gasteiger partial charge in [0.05, 0.1) is 11.1 Å². The van der Waals surface area contributed by atoms with E-state index in [1.165, 1.54) is 12.1 Å². The summed E-state index contributed by atoms with van der Waals surface area (Å²) in [4.78, 5) is 0. The average molecular weight is 310 g/mol. The van der Waals surface area contributed by atoms with Gasteiger partial charge in [-0.1, -0.05) is 6.92 Å². The van der Waals surface area contributed by atoms with Crippen molar-refractivity contribution in [1.82, 2.24) is 0 Å². The molecule has 0 amide bonds. The molecule has 90 valence electrons. The molecule has 16 heavy (non-hydrogen) atoms. The van der Waals surface area contributed by atoms with Gasteiger partial charge in [0.1, 0.15) is 11.6 Å². The Hall–Kier alpha value is -0.280. The van der Waals surface area contributed by atoms with Crippen LogP contribution in [0.2, 0.25) is 0 Å². The fraction of sp³-hybridized carbons (Fsp3) is 0.500. The molecule has 0 bridgehead atoms. The minimum absolute atomic E-state index is 0.285. The molecular formula is C12H15BrClFO. The first kappa shape index (κ1) is 13.8. The van der Waals surface area contributed by atoms with Crippen LogP contribution in [0.3, 0.4) is 0 Å². The van der Waals surface area contributed by atoms with Crippen LogP contribution < -0.4 is 4.74 Å². The van der Waals surface area contributed by atoms with E-state index in [9.17, 15) is 4.39 Å². The van der Waals surface area contributed by atoms with Crippen molar-refractivity contribution in [2.75, 3.05) is 12.5 Å². The summed E-state index contributed by atoms with van der Waals surface area (Å²) < 4.78 is 19.2. The zero-order valence-electron chi connectivity index (χ0n) is 9.18. The van der Waals surface area contributed by atoms with Crippen molar-refractivity contribution in [3.63, 3.8) is 0 Å². The van der Waals surface area contributed by atoms with Crippen LogP contribution in [-0.4, -0.2) is 12.5 Å². The molecule has 1 aromatic carbocycles. The van der Waals surface area contributed by atoms with Crippen LogP contribution in [0.1, 0.15) is 19.8 Å². The second-order valence-electron chi connectivity index (χ2n) is 3.79. The highest BCUT2D eigenvalue weighted by molar-refractivity contribution is 9.10. The Morgan fingerprint density at radius 3 is 2.88 bits per heavy atom. The zero-order chi connectivity index (χ0) is 12.0. The second kappa shape index (κ2) is 7.13. The Balaban J connectivity index is 2.39. The van der Waals surface area contributed by atoms with Crippen molar-refractivity contribution in [2.45, 2.75) is 19.8 Å². The molecule has 0 saturated heterocycles. The molecule has 0 heterocycles. The fourth-order valence-electron chi connectivity index (χ4n) is 1.29. The SMILES string of the molecule is CC(CCCl)CCOc1cc(F)ccc1Br. The van der Waals surface area contributed by atoms with Gasteiger partial charge in [0.15, 0.2) is 0 Å². The standard InChI is InChI=1S/C12H15BrClFO/c1-9(4-6-14)5-7-16-12-8-10(15)2-3-11(12)13/h2-3,8-9H,4-7H2,1H3. The molecule has 0 radical (unpaired) electrons. The first-order chi connectivity index (χ1) is 7.63.